The first kappa shape index (κ1) is 18.9. The number of ether oxygens (including phenoxy) is 2. The van der Waals surface area contributed by atoms with Crippen molar-refractivity contribution in [2.24, 2.45) is 0 Å². The van der Waals surface area contributed by atoms with Gasteiger partial charge in [0.25, 0.3) is 11.8 Å². The second-order valence-electron chi connectivity index (χ2n) is 4.52. The fourth-order valence-corrected chi connectivity index (χ4v) is 1.67. The predicted molar refractivity (Wildman–Crippen MR) is 84.2 cm³/mol. The van der Waals surface area contributed by atoms with E-state index in [2.05, 4.69) is 10.6 Å². The molecular formula is C15H19ClN2O5. The van der Waals surface area contributed by atoms with Crippen LogP contribution < -0.4 is 10.6 Å². The molecule has 0 atom stereocenters. The first-order valence-corrected chi connectivity index (χ1v) is 7.35. The van der Waals surface area contributed by atoms with Gasteiger partial charge in [-0.2, -0.15) is 0 Å². The van der Waals surface area contributed by atoms with Gasteiger partial charge in [0.05, 0.1) is 13.0 Å². The zero-order valence-electron chi connectivity index (χ0n) is 12.8. The third-order valence-electron chi connectivity index (χ3n) is 2.71. The van der Waals surface area contributed by atoms with E-state index in [-0.39, 0.29) is 25.5 Å². The van der Waals surface area contributed by atoms with Crippen LogP contribution in [0, 0.1) is 0 Å². The Morgan fingerprint density at radius 3 is 2.43 bits per heavy atom. The van der Waals surface area contributed by atoms with E-state index in [4.69, 9.17) is 21.1 Å². The molecule has 1 rings (SSSR count). The van der Waals surface area contributed by atoms with Crippen LogP contribution in [0.15, 0.2) is 24.3 Å². The van der Waals surface area contributed by atoms with Gasteiger partial charge in [-0.15, -0.1) is 0 Å². The summed E-state index contributed by atoms with van der Waals surface area (Å²) in [4.78, 5) is 34.5. The van der Waals surface area contributed by atoms with Gasteiger partial charge < -0.3 is 20.1 Å². The van der Waals surface area contributed by atoms with E-state index in [9.17, 15) is 14.4 Å². The fourth-order valence-electron chi connectivity index (χ4n) is 1.54. The van der Waals surface area contributed by atoms with Gasteiger partial charge in [-0.1, -0.05) is 11.6 Å². The second-order valence-corrected chi connectivity index (χ2v) is 4.95. The van der Waals surface area contributed by atoms with Crippen molar-refractivity contribution < 1.29 is 23.9 Å². The Kier molecular flexibility index (Phi) is 8.71. The molecule has 0 unspecified atom stereocenters. The van der Waals surface area contributed by atoms with Crippen LogP contribution in [0.4, 0.5) is 0 Å². The maximum absolute atomic E-state index is 11.8. The van der Waals surface area contributed by atoms with Gasteiger partial charge >= 0.3 is 5.97 Å². The summed E-state index contributed by atoms with van der Waals surface area (Å²) >= 11 is 5.73. The molecule has 0 aromatic heterocycles. The molecule has 2 N–H and O–H groups in total. The quantitative estimate of drug-likeness (QED) is 0.510. The van der Waals surface area contributed by atoms with Crippen LogP contribution in [0.2, 0.25) is 5.02 Å². The number of methoxy groups -OCH3 is 1. The van der Waals surface area contributed by atoms with E-state index >= 15 is 0 Å². The summed E-state index contributed by atoms with van der Waals surface area (Å²) in [6.45, 7) is 0.500. The molecule has 0 aliphatic heterocycles. The molecular weight excluding hydrogens is 324 g/mol. The van der Waals surface area contributed by atoms with E-state index < -0.39 is 11.9 Å². The van der Waals surface area contributed by atoms with Crippen LogP contribution in [0.3, 0.4) is 0 Å². The summed E-state index contributed by atoms with van der Waals surface area (Å²) in [6.07, 6.45) is -0.0231. The molecule has 0 heterocycles. The van der Waals surface area contributed by atoms with Crippen LogP contribution in [0.5, 0.6) is 0 Å². The number of rotatable bonds is 9. The number of carbonyl (C=O) groups is 3. The normalized spacial score (nSPS) is 10.0. The van der Waals surface area contributed by atoms with Crippen molar-refractivity contribution in [1.82, 2.24) is 10.6 Å². The molecule has 0 aliphatic carbocycles. The van der Waals surface area contributed by atoms with Gasteiger partial charge in [-0.3, -0.25) is 14.4 Å². The molecule has 8 heteroatoms. The minimum atomic E-state index is -0.566. The zero-order valence-corrected chi connectivity index (χ0v) is 13.5. The maximum Gasteiger partial charge on any atom is 0.308 e. The molecule has 0 aliphatic rings. The molecule has 1 aromatic carbocycles. The Labute approximate surface area is 139 Å². The molecule has 7 nitrogen and oxygen atoms in total. The van der Waals surface area contributed by atoms with Gasteiger partial charge in [-0.05, 0) is 24.3 Å². The summed E-state index contributed by atoms with van der Waals surface area (Å²) in [6, 6.07) is 6.38. The minimum Gasteiger partial charge on any atom is -0.456 e. The Morgan fingerprint density at radius 1 is 1.09 bits per heavy atom. The average Bonchev–Trinajstić information content (AvgIpc) is 2.53. The van der Waals surface area contributed by atoms with E-state index in [1.54, 1.807) is 24.3 Å². The Morgan fingerprint density at radius 2 is 1.78 bits per heavy atom. The third kappa shape index (κ3) is 8.18. The standard InChI is InChI=1S/C15H19ClN2O5/c1-22-9-8-17-13(19)10-23-14(20)6-7-18-15(21)11-2-4-12(16)5-3-11/h2-5H,6-10H2,1H3,(H,17,19)(H,18,21). The van der Waals surface area contributed by atoms with Gasteiger partial charge in [0.15, 0.2) is 6.61 Å². The number of hydrogen-bond donors (Lipinski definition) is 2. The van der Waals surface area contributed by atoms with Crippen molar-refractivity contribution in [1.29, 1.82) is 0 Å². The minimum absolute atomic E-state index is 0.0231. The summed E-state index contributed by atoms with van der Waals surface area (Å²) in [5.41, 5.74) is 0.445. The lowest BCUT2D eigenvalue weighted by molar-refractivity contribution is -0.148. The molecule has 0 bridgehead atoms. The number of esters is 1. The first-order chi connectivity index (χ1) is 11.0. The Balaban J connectivity index is 2.17. The number of hydrogen-bond acceptors (Lipinski definition) is 5. The summed E-state index contributed by atoms with van der Waals surface area (Å²) in [5, 5.41) is 5.63. The molecule has 0 spiro atoms. The van der Waals surface area contributed by atoms with Crippen LogP contribution in [0.1, 0.15) is 16.8 Å². The Bertz CT molecular complexity index is 533. The van der Waals surface area contributed by atoms with E-state index in [1.165, 1.54) is 7.11 Å². The lowest BCUT2D eigenvalue weighted by Gasteiger charge is -2.07. The van der Waals surface area contributed by atoms with Crippen LogP contribution in [-0.4, -0.2) is 51.2 Å². The fraction of sp³-hybridized carbons (Fsp3) is 0.400. The van der Waals surface area contributed by atoms with E-state index in [1.807, 2.05) is 0 Å². The van der Waals surface area contributed by atoms with Gasteiger partial charge in [0.1, 0.15) is 0 Å². The van der Waals surface area contributed by atoms with E-state index in [0.29, 0.717) is 23.7 Å². The van der Waals surface area contributed by atoms with Crippen molar-refractivity contribution in [2.45, 2.75) is 6.42 Å². The summed E-state index contributed by atoms with van der Waals surface area (Å²) < 4.78 is 9.54. The molecule has 23 heavy (non-hydrogen) atoms. The molecule has 0 saturated heterocycles. The number of carbonyl (C=O) groups excluding carboxylic acids is 3. The van der Waals surface area contributed by atoms with Crippen molar-refractivity contribution in [2.75, 3.05) is 33.4 Å². The van der Waals surface area contributed by atoms with Crippen LogP contribution >= 0.6 is 11.6 Å². The monoisotopic (exact) mass is 342 g/mol. The number of benzene rings is 1. The van der Waals surface area contributed by atoms with Gasteiger partial charge in [0.2, 0.25) is 0 Å². The second kappa shape index (κ2) is 10.6. The number of amides is 2. The number of nitrogens with one attached hydrogen (secondary N) is 2. The smallest absolute Gasteiger partial charge is 0.308 e. The lowest BCUT2D eigenvalue weighted by Crippen LogP contribution is -2.32. The maximum atomic E-state index is 11.8. The molecule has 126 valence electrons. The summed E-state index contributed by atoms with van der Waals surface area (Å²) in [7, 11) is 1.52. The van der Waals surface area contributed by atoms with Gasteiger partial charge in [0, 0.05) is 30.8 Å². The molecule has 1 aromatic rings. The SMILES string of the molecule is COCCNC(=O)COC(=O)CCNC(=O)c1ccc(Cl)cc1. The highest BCUT2D eigenvalue weighted by atomic mass is 35.5. The topological polar surface area (TPSA) is 93.7 Å². The molecule has 0 saturated carbocycles. The molecule has 0 radical (unpaired) electrons. The average molecular weight is 343 g/mol. The van der Waals surface area contributed by atoms with Crippen LogP contribution in [0.25, 0.3) is 0 Å². The molecule has 0 fully saturated rings. The largest absolute Gasteiger partial charge is 0.456 e. The van der Waals surface area contributed by atoms with Crippen molar-refractivity contribution in [3.8, 4) is 0 Å². The summed E-state index contributed by atoms with van der Waals surface area (Å²) in [5.74, 6) is -1.28. The van der Waals surface area contributed by atoms with Crippen molar-refractivity contribution in [3.63, 3.8) is 0 Å². The first-order valence-electron chi connectivity index (χ1n) is 6.98. The molecule has 2 amide bonds. The Hall–Kier alpha value is -2.12. The third-order valence-corrected chi connectivity index (χ3v) is 2.97. The van der Waals surface area contributed by atoms with E-state index in [0.717, 1.165) is 0 Å². The highest BCUT2D eigenvalue weighted by molar-refractivity contribution is 6.30. The highest BCUT2D eigenvalue weighted by Gasteiger charge is 2.09. The van der Waals surface area contributed by atoms with Crippen molar-refractivity contribution >= 4 is 29.4 Å². The predicted octanol–water partition coefficient (Wildman–Crippen LogP) is 0.766. The number of halogens is 1. The van der Waals surface area contributed by atoms with Crippen LogP contribution in [-0.2, 0) is 19.1 Å². The highest BCUT2D eigenvalue weighted by Crippen LogP contribution is 2.09. The lowest BCUT2D eigenvalue weighted by atomic mass is 10.2. The van der Waals surface area contributed by atoms with Crippen molar-refractivity contribution in [3.05, 3.63) is 34.9 Å². The zero-order chi connectivity index (χ0) is 17.1. The van der Waals surface area contributed by atoms with Gasteiger partial charge in [-0.25, -0.2) is 0 Å².